The van der Waals surface area contributed by atoms with E-state index in [0.29, 0.717) is 6.04 Å². The van der Waals surface area contributed by atoms with E-state index < -0.39 is 0 Å². The number of likely N-dealkylation sites (tertiary alicyclic amines) is 1. The zero-order valence-corrected chi connectivity index (χ0v) is 10.1. The summed E-state index contributed by atoms with van der Waals surface area (Å²) in [4.78, 5) is 6.78. The molecule has 0 spiro atoms. The second-order valence-electron chi connectivity index (χ2n) is 4.44. The molecule has 2 rings (SSSR count). The van der Waals surface area contributed by atoms with E-state index in [9.17, 15) is 0 Å². The summed E-state index contributed by atoms with van der Waals surface area (Å²) in [5.74, 6) is 1.59. The molecule has 90 valence electrons. The van der Waals surface area contributed by atoms with Gasteiger partial charge in [0.15, 0.2) is 5.82 Å². The molecule has 1 atom stereocenters. The van der Waals surface area contributed by atoms with E-state index >= 15 is 0 Å². The van der Waals surface area contributed by atoms with Gasteiger partial charge in [-0.15, -0.1) is 0 Å². The largest absolute Gasteiger partial charge is 0.339 e. The van der Waals surface area contributed by atoms with Crippen LogP contribution in [-0.2, 0) is 12.8 Å². The molecular formula is C11H20N4O. The highest BCUT2D eigenvalue weighted by molar-refractivity contribution is 4.92. The first-order chi connectivity index (χ1) is 7.79. The van der Waals surface area contributed by atoms with E-state index in [1.54, 1.807) is 0 Å². The highest BCUT2D eigenvalue weighted by atomic mass is 16.5. The summed E-state index contributed by atoms with van der Waals surface area (Å²) in [6, 6.07) is 0.592. The average Bonchev–Trinajstić information content (AvgIpc) is 2.87. The van der Waals surface area contributed by atoms with Gasteiger partial charge in [-0.05, 0) is 33.5 Å². The molecule has 1 aliphatic heterocycles. The molecule has 0 radical (unpaired) electrons. The quantitative estimate of drug-likeness (QED) is 0.788. The molecule has 1 fully saturated rings. The molecule has 1 aromatic rings. The molecule has 1 N–H and O–H groups in total. The van der Waals surface area contributed by atoms with Crippen molar-refractivity contribution >= 4 is 0 Å². The third kappa shape index (κ3) is 2.80. The topological polar surface area (TPSA) is 54.2 Å². The van der Waals surface area contributed by atoms with Crippen LogP contribution in [0.3, 0.4) is 0 Å². The number of hydrogen-bond donors (Lipinski definition) is 1. The van der Waals surface area contributed by atoms with Gasteiger partial charge in [-0.25, -0.2) is 0 Å². The highest BCUT2D eigenvalue weighted by Crippen LogP contribution is 2.17. The molecule has 0 bridgehead atoms. The molecule has 1 aromatic heterocycles. The number of likely N-dealkylation sites (N-methyl/N-ethyl adjacent to an activating group) is 2. The molecule has 1 unspecified atom stereocenters. The Hall–Kier alpha value is -0.940. The van der Waals surface area contributed by atoms with Gasteiger partial charge in [-0.3, -0.25) is 0 Å². The van der Waals surface area contributed by atoms with Crippen molar-refractivity contribution in [3.05, 3.63) is 11.7 Å². The summed E-state index contributed by atoms with van der Waals surface area (Å²) in [5.41, 5.74) is 0. The highest BCUT2D eigenvalue weighted by Gasteiger charge is 2.22. The zero-order chi connectivity index (χ0) is 11.4. The molecule has 16 heavy (non-hydrogen) atoms. The van der Waals surface area contributed by atoms with E-state index in [0.717, 1.165) is 31.1 Å². The minimum atomic E-state index is 0.592. The second-order valence-corrected chi connectivity index (χ2v) is 4.44. The normalized spacial score (nSPS) is 21.8. The molecule has 1 saturated heterocycles. The third-order valence-corrected chi connectivity index (χ3v) is 3.19. The van der Waals surface area contributed by atoms with E-state index in [-0.39, 0.29) is 0 Å². The van der Waals surface area contributed by atoms with Crippen molar-refractivity contribution in [3.63, 3.8) is 0 Å². The summed E-state index contributed by atoms with van der Waals surface area (Å²) in [6.07, 6.45) is 4.26. The predicted molar refractivity (Wildman–Crippen MR) is 61.3 cm³/mol. The van der Waals surface area contributed by atoms with Crippen LogP contribution in [0.25, 0.3) is 0 Å². The Bertz CT molecular complexity index is 326. The fourth-order valence-electron chi connectivity index (χ4n) is 2.15. The van der Waals surface area contributed by atoms with Gasteiger partial charge in [0.25, 0.3) is 0 Å². The number of nitrogens with one attached hydrogen (secondary N) is 1. The van der Waals surface area contributed by atoms with Gasteiger partial charge in [0.05, 0.1) is 0 Å². The van der Waals surface area contributed by atoms with Crippen molar-refractivity contribution in [3.8, 4) is 0 Å². The van der Waals surface area contributed by atoms with E-state index in [4.69, 9.17) is 4.52 Å². The Labute approximate surface area is 96.2 Å². The van der Waals surface area contributed by atoms with Crippen molar-refractivity contribution in [1.29, 1.82) is 0 Å². The minimum absolute atomic E-state index is 0.592. The van der Waals surface area contributed by atoms with E-state index in [1.165, 1.54) is 19.4 Å². The maximum atomic E-state index is 5.19. The first kappa shape index (κ1) is 11.5. The summed E-state index contributed by atoms with van der Waals surface area (Å²) < 4.78 is 5.19. The lowest BCUT2D eigenvalue weighted by Gasteiger charge is -2.16. The summed E-state index contributed by atoms with van der Waals surface area (Å²) >= 11 is 0. The molecule has 1 aliphatic rings. The van der Waals surface area contributed by atoms with Crippen LogP contribution in [0.1, 0.15) is 24.6 Å². The molecule has 0 saturated carbocycles. The zero-order valence-electron chi connectivity index (χ0n) is 10.1. The fourth-order valence-corrected chi connectivity index (χ4v) is 2.15. The van der Waals surface area contributed by atoms with Crippen molar-refractivity contribution < 1.29 is 4.52 Å². The van der Waals surface area contributed by atoms with Gasteiger partial charge >= 0.3 is 0 Å². The Morgan fingerprint density at radius 2 is 2.44 bits per heavy atom. The van der Waals surface area contributed by atoms with Crippen LogP contribution in [0.2, 0.25) is 0 Å². The Morgan fingerprint density at radius 1 is 1.56 bits per heavy atom. The molecule has 2 heterocycles. The Morgan fingerprint density at radius 3 is 3.12 bits per heavy atom. The molecule has 0 aliphatic carbocycles. The lowest BCUT2D eigenvalue weighted by atomic mass is 10.1. The number of hydrogen-bond acceptors (Lipinski definition) is 5. The van der Waals surface area contributed by atoms with Crippen molar-refractivity contribution in [2.24, 2.45) is 0 Å². The van der Waals surface area contributed by atoms with Gasteiger partial charge in [0.1, 0.15) is 0 Å². The van der Waals surface area contributed by atoms with Crippen molar-refractivity contribution in [2.45, 2.75) is 31.7 Å². The molecule has 0 aromatic carbocycles. The van der Waals surface area contributed by atoms with Crippen LogP contribution >= 0.6 is 0 Å². The smallest absolute Gasteiger partial charge is 0.227 e. The monoisotopic (exact) mass is 224 g/mol. The van der Waals surface area contributed by atoms with Crippen LogP contribution < -0.4 is 5.32 Å². The maximum Gasteiger partial charge on any atom is 0.227 e. The summed E-state index contributed by atoms with van der Waals surface area (Å²) in [7, 11) is 4.09. The first-order valence-electron chi connectivity index (χ1n) is 5.96. The number of aromatic nitrogens is 2. The van der Waals surface area contributed by atoms with Gasteiger partial charge in [0, 0.05) is 25.4 Å². The van der Waals surface area contributed by atoms with Crippen molar-refractivity contribution in [1.82, 2.24) is 20.4 Å². The van der Waals surface area contributed by atoms with Gasteiger partial charge in [-0.2, -0.15) is 4.98 Å². The van der Waals surface area contributed by atoms with Crippen LogP contribution in [0.5, 0.6) is 0 Å². The maximum absolute atomic E-state index is 5.19. The number of rotatable bonds is 5. The van der Waals surface area contributed by atoms with Gasteiger partial charge in [0.2, 0.25) is 5.89 Å². The lowest BCUT2D eigenvalue weighted by molar-refractivity contribution is 0.301. The standard InChI is InChI=1S/C11H20N4O/c1-12-6-5-11-13-10(14-16-11)8-9-4-3-7-15(9)2/h9,12H,3-8H2,1-2H3. The number of nitrogens with zero attached hydrogens (tertiary/aromatic N) is 3. The van der Waals surface area contributed by atoms with Crippen molar-refractivity contribution in [2.75, 3.05) is 27.2 Å². The summed E-state index contributed by atoms with van der Waals surface area (Å²) in [5, 5.41) is 7.10. The molecule has 5 heteroatoms. The van der Waals surface area contributed by atoms with E-state index in [1.807, 2.05) is 7.05 Å². The summed E-state index contributed by atoms with van der Waals surface area (Å²) in [6.45, 7) is 2.07. The Balaban J connectivity index is 1.87. The van der Waals surface area contributed by atoms with E-state index in [2.05, 4.69) is 27.4 Å². The first-order valence-corrected chi connectivity index (χ1v) is 5.96. The third-order valence-electron chi connectivity index (χ3n) is 3.19. The SMILES string of the molecule is CNCCc1nc(CC2CCCN2C)no1. The van der Waals surface area contributed by atoms with Gasteiger partial charge in [-0.1, -0.05) is 5.16 Å². The van der Waals surface area contributed by atoms with Gasteiger partial charge < -0.3 is 14.7 Å². The predicted octanol–water partition coefficient (Wildman–Crippen LogP) is 0.468. The lowest BCUT2D eigenvalue weighted by Crippen LogP contribution is -2.27. The fraction of sp³-hybridized carbons (Fsp3) is 0.818. The average molecular weight is 224 g/mol. The molecular weight excluding hydrogens is 204 g/mol. The van der Waals surface area contributed by atoms with Crippen LogP contribution in [-0.4, -0.2) is 48.3 Å². The van der Waals surface area contributed by atoms with Crippen LogP contribution in [0.4, 0.5) is 0 Å². The molecule has 0 amide bonds. The van der Waals surface area contributed by atoms with Crippen LogP contribution in [0, 0.1) is 0 Å². The Kier molecular flexibility index (Phi) is 3.90. The second kappa shape index (κ2) is 5.41. The minimum Gasteiger partial charge on any atom is -0.339 e. The van der Waals surface area contributed by atoms with Crippen LogP contribution in [0.15, 0.2) is 4.52 Å². The molecule has 5 nitrogen and oxygen atoms in total.